The molecule has 24 heavy (non-hydrogen) atoms. The molecule has 0 radical (unpaired) electrons. The van der Waals surface area contributed by atoms with Gasteiger partial charge >= 0.3 is 0 Å². The number of imidazole rings is 1. The number of carbonyl (C=O) groups excluding carboxylic acids is 1. The number of hydrogen-bond donors (Lipinski definition) is 0. The summed E-state index contributed by atoms with van der Waals surface area (Å²) in [6, 6.07) is 3.82. The van der Waals surface area contributed by atoms with Crippen molar-refractivity contribution in [3.8, 4) is 0 Å². The summed E-state index contributed by atoms with van der Waals surface area (Å²) >= 11 is 0. The summed E-state index contributed by atoms with van der Waals surface area (Å²) in [7, 11) is 1.92. The van der Waals surface area contributed by atoms with Gasteiger partial charge in [0.2, 0.25) is 0 Å². The van der Waals surface area contributed by atoms with Crippen LogP contribution in [0.1, 0.15) is 29.2 Å². The lowest BCUT2D eigenvalue weighted by molar-refractivity contribution is 0.0697. The normalized spacial score (nSPS) is 21.7. The molecule has 0 unspecified atom stereocenters. The van der Waals surface area contributed by atoms with Gasteiger partial charge in [-0.2, -0.15) is 0 Å². The maximum atomic E-state index is 13.0. The molecule has 6 nitrogen and oxygen atoms in total. The minimum absolute atomic E-state index is 0.102. The van der Waals surface area contributed by atoms with E-state index in [-0.39, 0.29) is 5.91 Å². The van der Waals surface area contributed by atoms with E-state index >= 15 is 0 Å². The standard InChI is InChI=1S/C18H25N5O/c1-20-7-4-5-16(20)18(24)23-13-15(11-21-8-2-3-9-21)12-22-10-6-19-17(22)14-23/h4-7,10,15H,2-3,8-9,11-14H2,1H3/t15-/m1/s1. The van der Waals surface area contributed by atoms with Crippen LogP contribution in [0.15, 0.2) is 30.7 Å². The number of aromatic nitrogens is 3. The van der Waals surface area contributed by atoms with Crippen molar-refractivity contribution in [2.24, 2.45) is 13.0 Å². The van der Waals surface area contributed by atoms with Gasteiger partial charge < -0.3 is 18.9 Å². The average molecular weight is 327 g/mol. The van der Waals surface area contributed by atoms with Crippen molar-refractivity contribution in [1.82, 2.24) is 23.9 Å². The molecule has 0 spiro atoms. The summed E-state index contributed by atoms with van der Waals surface area (Å²) in [6.45, 7) is 5.78. The highest BCUT2D eigenvalue weighted by Gasteiger charge is 2.28. The Labute approximate surface area is 142 Å². The monoisotopic (exact) mass is 327 g/mol. The van der Waals surface area contributed by atoms with Crippen LogP contribution in [0.4, 0.5) is 0 Å². The van der Waals surface area contributed by atoms with Crippen LogP contribution in [0.25, 0.3) is 0 Å². The summed E-state index contributed by atoms with van der Waals surface area (Å²) < 4.78 is 4.12. The van der Waals surface area contributed by atoms with Gasteiger partial charge in [-0.3, -0.25) is 4.79 Å². The van der Waals surface area contributed by atoms with Crippen molar-refractivity contribution < 1.29 is 4.79 Å². The van der Waals surface area contributed by atoms with Crippen LogP contribution >= 0.6 is 0 Å². The van der Waals surface area contributed by atoms with Gasteiger partial charge in [0.05, 0.1) is 6.54 Å². The minimum Gasteiger partial charge on any atom is -0.347 e. The zero-order chi connectivity index (χ0) is 16.5. The summed E-state index contributed by atoms with van der Waals surface area (Å²) in [5, 5.41) is 0. The fourth-order valence-corrected chi connectivity index (χ4v) is 3.99. The fraction of sp³-hybridized carbons (Fsp3) is 0.556. The molecule has 0 aliphatic carbocycles. The van der Waals surface area contributed by atoms with Gasteiger partial charge in [-0.1, -0.05) is 0 Å². The lowest BCUT2D eigenvalue weighted by Crippen LogP contribution is -2.39. The van der Waals surface area contributed by atoms with E-state index < -0.39 is 0 Å². The first-order valence-electron chi connectivity index (χ1n) is 8.83. The highest BCUT2D eigenvalue weighted by Crippen LogP contribution is 2.20. The van der Waals surface area contributed by atoms with Gasteiger partial charge in [0.1, 0.15) is 11.5 Å². The molecule has 1 fully saturated rings. The number of aryl methyl sites for hydroxylation is 1. The fourth-order valence-electron chi connectivity index (χ4n) is 3.99. The Balaban J connectivity index is 1.57. The average Bonchev–Trinajstić information content (AvgIpc) is 3.28. The van der Waals surface area contributed by atoms with Gasteiger partial charge in [0.15, 0.2) is 0 Å². The van der Waals surface area contributed by atoms with Crippen LogP contribution in [0.5, 0.6) is 0 Å². The molecule has 0 N–H and O–H groups in total. The Morgan fingerprint density at radius 3 is 2.83 bits per heavy atom. The third-order valence-electron chi connectivity index (χ3n) is 5.23. The minimum atomic E-state index is 0.102. The van der Waals surface area contributed by atoms with Crippen molar-refractivity contribution in [1.29, 1.82) is 0 Å². The van der Waals surface area contributed by atoms with Crippen LogP contribution in [-0.2, 0) is 20.1 Å². The first kappa shape index (κ1) is 15.4. The maximum absolute atomic E-state index is 13.0. The van der Waals surface area contributed by atoms with Gasteiger partial charge in [-0.15, -0.1) is 0 Å². The van der Waals surface area contributed by atoms with Crippen LogP contribution in [0, 0.1) is 5.92 Å². The highest BCUT2D eigenvalue weighted by atomic mass is 16.2. The SMILES string of the molecule is Cn1cccc1C(=O)N1Cc2nccn2C[C@@H](CN2CCCC2)C1. The molecule has 2 aromatic heterocycles. The predicted molar refractivity (Wildman–Crippen MR) is 91.5 cm³/mol. The first-order chi connectivity index (χ1) is 11.7. The lowest BCUT2D eigenvalue weighted by Gasteiger charge is -2.27. The smallest absolute Gasteiger partial charge is 0.270 e. The van der Waals surface area contributed by atoms with Crippen molar-refractivity contribution in [3.63, 3.8) is 0 Å². The van der Waals surface area contributed by atoms with Gasteiger partial charge in [-0.05, 0) is 38.1 Å². The maximum Gasteiger partial charge on any atom is 0.270 e. The van der Waals surface area contributed by atoms with E-state index in [1.165, 1.54) is 25.9 Å². The van der Waals surface area contributed by atoms with Gasteiger partial charge in [-0.25, -0.2) is 4.98 Å². The van der Waals surface area contributed by atoms with E-state index in [2.05, 4.69) is 14.5 Å². The van der Waals surface area contributed by atoms with E-state index in [4.69, 9.17) is 0 Å². The number of amides is 1. The van der Waals surface area contributed by atoms with E-state index in [0.29, 0.717) is 12.5 Å². The summed E-state index contributed by atoms with van der Waals surface area (Å²) in [6.07, 6.45) is 8.42. The number of nitrogens with zero attached hydrogens (tertiary/aromatic N) is 5. The number of hydrogen-bond acceptors (Lipinski definition) is 3. The molecule has 2 aliphatic heterocycles. The second kappa shape index (κ2) is 6.43. The molecule has 128 valence electrons. The van der Waals surface area contributed by atoms with E-state index in [9.17, 15) is 4.79 Å². The predicted octanol–water partition coefficient (Wildman–Crippen LogP) is 1.59. The van der Waals surface area contributed by atoms with Crippen molar-refractivity contribution in [3.05, 3.63) is 42.2 Å². The molecule has 1 saturated heterocycles. The molecule has 0 bridgehead atoms. The Bertz CT molecular complexity index is 713. The Kier molecular flexibility index (Phi) is 4.14. The van der Waals surface area contributed by atoms with Crippen LogP contribution < -0.4 is 0 Å². The first-order valence-corrected chi connectivity index (χ1v) is 8.83. The Morgan fingerprint density at radius 1 is 1.25 bits per heavy atom. The molecule has 4 rings (SSSR count). The molecule has 0 saturated carbocycles. The summed E-state index contributed by atoms with van der Waals surface area (Å²) in [5.41, 5.74) is 0.745. The zero-order valence-electron chi connectivity index (χ0n) is 14.3. The molecule has 0 aromatic carbocycles. The second-order valence-electron chi connectivity index (χ2n) is 7.06. The van der Waals surface area contributed by atoms with Gasteiger partial charge in [0.25, 0.3) is 5.91 Å². The molecule has 4 heterocycles. The van der Waals surface area contributed by atoms with E-state index in [1.54, 1.807) is 0 Å². The molecule has 6 heteroatoms. The molecule has 2 aliphatic rings. The highest BCUT2D eigenvalue weighted by molar-refractivity contribution is 5.92. The molecule has 1 amide bonds. The number of carbonyl (C=O) groups is 1. The Hall–Kier alpha value is -2.08. The number of likely N-dealkylation sites (tertiary alicyclic amines) is 1. The topological polar surface area (TPSA) is 46.3 Å². The third-order valence-corrected chi connectivity index (χ3v) is 5.23. The van der Waals surface area contributed by atoms with Crippen LogP contribution in [-0.4, -0.2) is 56.0 Å². The van der Waals surface area contributed by atoms with Crippen LogP contribution in [0.2, 0.25) is 0 Å². The number of rotatable bonds is 3. The van der Waals surface area contributed by atoms with Crippen molar-refractivity contribution in [2.45, 2.75) is 25.9 Å². The zero-order valence-corrected chi connectivity index (χ0v) is 14.3. The van der Waals surface area contributed by atoms with Gasteiger partial charge in [0, 0.05) is 51.2 Å². The van der Waals surface area contributed by atoms with Crippen molar-refractivity contribution in [2.75, 3.05) is 26.2 Å². The molecule has 2 aromatic rings. The quantitative estimate of drug-likeness (QED) is 0.860. The Morgan fingerprint density at radius 2 is 2.08 bits per heavy atom. The largest absolute Gasteiger partial charge is 0.347 e. The van der Waals surface area contributed by atoms with E-state index in [0.717, 1.165) is 31.2 Å². The molecule has 1 atom stereocenters. The summed E-state index contributed by atoms with van der Waals surface area (Å²) in [4.78, 5) is 22.0. The van der Waals surface area contributed by atoms with Crippen LogP contribution in [0.3, 0.4) is 0 Å². The second-order valence-corrected chi connectivity index (χ2v) is 7.06. The third kappa shape index (κ3) is 2.98. The lowest BCUT2D eigenvalue weighted by atomic mass is 10.1. The van der Waals surface area contributed by atoms with Crippen molar-refractivity contribution >= 4 is 5.91 Å². The van der Waals surface area contributed by atoms with E-state index in [1.807, 2.05) is 47.2 Å². The molecular weight excluding hydrogens is 302 g/mol. The summed E-state index contributed by atoms with van der Waals surface area (Å²) in [5.74, 6) is 1.54. The number of fused-ring (bicyclic) bond motifs is 1. The molecular formula is C18H25N5O.